The lowest BCUT2D eigenvalue weighted by Crippen LogP contribution is -2.37. The molecule has 23 heavy (non-hydrogen) atoms. The number of rotatable bonds is 3. The predicted molar refractivity (Wildman–Crippen MR) is 85.4 cm³/mol. The van der Waals surface area contributed by atoms with Crippen molar-refractivity contribution in [2.45, 2.75) is 24.9 Å². The van der Waals surface area contributed by atoms with Gasteiger partial charge in [-0.05, 0) is 41.8 Å². The minimum absolute atomic E-state index is 0.122. The Bertz CT molecular complexity index is 790. The van der Waals surface area contributed by atoms with Crippen molar-refractivity contribution in [1.82, 2.24) is 4.90 Å². The third kappa shape index (κ3) is 2.29. The number of benzene rings is 2. The van der Waals surface area contributed by atoms with E-state index in [1.54, 1.807) is 12.0 Å². The number of methoxy groups -OCH3 is 1. The third-order valence-corrected chi connectivity index (χ3v) is 4.99. The van der Waals surface area contributed by atoms with Crippen molar-refractivity contribution >= 4 is 17.5 Å². The Labute approximate surface area is 138 Å². The Morgan fingerprint density at radius 3 is 2.70 bits per heavy atom. The lowest BCUT2D eigenvalue weighted by molar-refractivity contribution is 0.0706. The second-order valence-corrected chi connectivity index (χ2v) is 6.42. The second-order valence-electron chi connectivity index (χ2n) is 6.01. The summed E-state index contributed by atoms with van der Waals surface area (Å²) in [5.41, 5.74) is 1.83. The average Bonchev–Trinajstić information content (AvgIpc) is 3.34. The summed E-state index contributed by atoms with van der Waals surface area (Å²) in [6, 6.07) is 10.5. The largest absolute Gasteiger partial charge is 0.497 e. The Kier molecular flexibility index (Phi) is 3.31. The molecular weight excluding hydrogens is 317 g/mol. The van der Waals surface area contributed by atoms with Gasteiger partial charge in [0, 0.05) is 23.5 Å². The molecule has 2 aromatic carbocycles. The van der Waals surface area contributed by atoms with E-state index in [0.29, 0.717) is 17.1 Å². The number of fused-ring (bicyclic) bond motifs is 3. The average molecular weight is 332 g/mol. The zero-order chi connectivity index (χ0) is 16.1. The standard InChI is InChI=1S/C18H15ClFNO2/c1-23-11-4-2-10(3-5-11)9-21-15-8-12(15)16-13(19)6-7-14(20)17(16)18(21)22/h2-7,12,15H,8-9H2,1H3/t12-,15+/m0/s1. The van der Waals surface area contributed by atoms with Crippen molar-refractivity contribution in [2.75, 3.05) is 7.11 Å². The predicted octanol–water partition coefficient (Wildman–Crippen LogP) is 4.00. The van der Waals surface area contributed by atoms with Gasteiger partial charge in [-0.3, -0.25) is 4.79 Å². The van der Waals surface area contributed by atoms with Gasteiger partial charge in [0.1, 0.15) is 11.6 Å². The SMILES string of the molecule is COc1ccc(CN2C(=O)c3c(F)ccc(Cl)c3[C@H]3C[C@H]32)cc1. The van der Waals surface area contributed by atoms with E-state index in [2.05, 4.69) is 0 Å². The van der Waals surface area contributed by atoms with Gasteiger partial charge in [-0.25, -0.2) is 4.39 Å². The number of halogens is 2. The van der Waals surface area contributed by atoms with E-state index in [9.17, 15) is 9.18 Å². The van der Waals surface area contributed by atoms with Crippen LogP contribution in [-0.2, 0) is 6.54 Å². The highest BCUT2D eigenvalue weighted by atomic mass is 35.5. The first-order valence-electron chi connectivity index (χ1n) is 7.52. The lowest BCUT2D eigenvalue weighted by atomic mass is 9.97. The molecule has 0 saturated heterocycles. The molecule has 5 heteroatoms. The topological polar surface area (TPSA) is 29.5 Å². The molecule has 0 spiro atoms. The maximum Gasteiger partial charge on any atom is 0.257 e. The van der Waals surface area contributed by atoms with Gasteiger partial charge in [0.15, 0.2) is 0 Å². The van der Waals surface area contributed by atoms with Crippen LogP contribution in [0.3, 0.4) is 0 Å². The van der Waals surface area contributed by atoms with Gasteiger partial charge in [0.05, 0.1) is 12.7 Å². The highest BCUT2D eigenvalue weighted by Gasteiger charge is 2.52. The van der Waals surface area contributed by atoms with Crippen molar-refractivity contribution in [3.63, 3.8) is 0 Å². The van der Waals surface area contributed by atoms with Crippen LogP contribution in [0.4, 0.5) is 4.39 Å². The van der Waals surface area contributed by atoms with Gasteiger partial charge in [0.25, 0.3) is 5.91 Å². The molecule has 0 N–H and O–H groups in total. The van der Waals surface area contributed by atoms with Crippen LogP contribution in [0.15, 0.2) is 36.4 Å². The van der Waals surface area contributed by atoms with Gasteiger partial charge >= 0.3 is 0 Å². The van der Waals surface area contributed by atoms with E-state index in [1.165, 1.54) is 12.1 Å². The van der Waals surface area contributed by atoms with Crippen molar-refractivity contribution in [1.29, 1.82) is 0 Å². The van der Waals surface area contributed by atoms with Gasteiger partial charge in [-0.2, -0.15) is 0 Å². The first-order valence-corrected chi connectivity index (χ1v) is 7.89. The van der Waals surface area contributed by atoms with Crippen LogP contribution in [0.1, 0.15) is 33.8 Å². The van der Waals surface area contributed by atoms with Crippen LogP contribution in [0, 0.1) is 5.82 Å². The highest BCUT2D eigenvalue weighted by molar-refractivity contribution is 6.32. The molecule has 4 rings (SSSR count). The van der Waals surface area contributed by atoms with E-state index in [4.69, 9.17) is 16.3 Å². The minimum atomic E-state index is -0.487. The molecule has 0 radical (unpaired) electrons. The third-order valence-electron chi connectivity index (χ3n) is 4.66. The number of carbonyl (C=O) groups excluding carboxylic acids is 1. The Morgan fingerprint density at radius 2 is 2.00 bits per heavy atom. The zero-order valence-corrected chi connectivity index (χ0v) is 13.3. The lowest BCUT2D eigenvalue weighted by Gasteiger charge is -2.29. The number of nitrogens with zero attached hydrogens (tertiary/aromatic N) is 1. The summed E-state index contributed by atoms with van der Waals surface area (Å²) < 4.78 is 19.3. The molecule has 118 valence electrons. The summed E-state index contributed by atoms with van der Waals surface area (Å²) in [7, 11) is 1.61. The summed E-state index contributed by atoms with van der Waals surface area (Å²) in [6.45, 7) is 0.468. The van der Waals surface area contributed by atoms with Crippen molar-refractivity contribution in [2.24, 2.45) is 0 Å². The minimum Gasteiger partial charge on any atom is -0.497 e. The maximum absolute atomic E-state index is 14.2. The smallest absolute Gasteiger partial charge is 0.257 e. The van der Waals surface area contributed by atoms with E-state index in [1.807, 2.05) is 24.3 Å². The quantitative estimate of drug-likeness (QED) is 0.850. The van der Waals surface area contributed by atoms with Crippen molar-refractivity contribution in [3.8, 4) is 5.75 Å². The van der Waals surface area contributed by atoms with Crippen LogP contribution < -0.4 is 4.74 Å². The van der Waals surface area contributed by atoms with E-state index in [0.717, 1.165) is 17.7 Å². The number of amides is 1. The molecule has 2 aliphatic rings. The van der Waals surface area contributed by atoms with Gasteiger partial charge in [-0.1, -0.05) is 23.7 Å². The van der Waals surface area contributed by atoms with E-state index in [-0.39, 0.29) is 23.4 Å². The van der Waals surface area contributed by atoms with Gasteiger partial charge < -0.3 is 9.64 Å². The molecule has 2 aromatic rings. The Hall–Kier alpha value is -2.07. The summed E-state index contributed by atoms with van der Waals surface area (Å²) in [5.74, 6) is 0.171. The molecule has 0 bridgehead atoms. The number of hydrogen-bond acceptors (Lipinski definition) is 2. The monoisotopic (exact) mass is 331 g/mol. The molecule has 2 atom stereocenters. The molecule has 0 aromatic heterocycles. The number of ether oxygens (including phenoxy) is 1. The van der Waals surface area contributed by atoms with Gasteiger partial charge in [-0.15, -0.1) is 0 Å². The van der Waals surface area contributed by atoms with Gasteiger partial charge in [0.2, 0.25) is 0 Å². The fraction of sp³-hybridized carbons (Fsp3) is 0.278. The molecule has 1 aliphatic heterocycles. The molecule has 3 nitrogen and oxygen atoms in total. The maximum atomic E-state index is 14.2. The van der Waals surface area contributed by atoms with Crippen LogP contribution in [0.25, 0.3) is 0 Å². The summed E-state index contributed by atoms with van der Waals surface area (Å²) >= 11 is 6.19. The Balaban J connectivity index is 1.66. The highest BCUT2D eigenvalue weighted by Crippen LogP contribution is 2.53. The van der Waals surface area contributed by atoms with E-state index >= 15 is 0 Å². The first kappa shape index (κ1) is 14.5. The molecule has 1 saturated carbocycles. The normalized spacial score (nSPS) is 21.7. The molecule has 1 heterocycles. The van der Waals surface area contributed by atoms with Crippen LogP contribution in [0.2, 0.25) is 5.02 Å². The zero-order valence-electron chi connectivity index (χ0n) is 12.6. The number of carbonyl (C=O) groups is 1. The van der Waals surface area contributed by atoms with Crippen molar-refractivity contribution < 1.29 is 13.9 Å². The van der Waals surface area contributed by atoms with Crippen molar-refractivity contribution in [3.05, 3.63) is 63.9 Å². The van der Waals surface area contributed by atoms with Crippen LogP contribution >= 0.6 is 11.6 Å². The fourth-order valence-corrected chi connectivity index (χ4v) is 3.69. The first-order chi connectivity index (χ1) is 11.1. The fourth-order valence-electron chi connectivity index (χ4n) is 3.39. The molecule has 1 aliphatic carbocycles. The van der Waals surface area contributed by atoms with E-state index < -0.39 is 5.82 Å². The molecular formula is C18H15ClFNO2. The molecule has 1 amide bonds. The Morgan fingerprint density at radius 1 is 1.26 bits per heavy atom. The molecule has 0 unspecified atom stereocenters. The summed E-state index contributed by atoms with van der Waals surface area (Å²) in [4.78, 5) is 14.5. The summed E-state index contributed by atoms with van der Waals surface area (Å²) in [5, 5.41) is 0.492. The van der Waals surface area contributed by atoms with Crippen LogP contribution in [-0.4, -0.2) is 24.0 Å². The van der Waals surface area contributed by atoms with Crippen LogP contribution in [0.5, 0.6) is 5.75 Å². The summed E-state index contributed by atoms with van der Waals surface area (Å²) in [6.07, 6.45) is 0.845. The number of hydrogen-bond donors (Lipinski definition) is 0. The second kappa shape index (κ2) is 5.24. The molecule has 1 fully saturated rings.